The Morgan fingerprint density at radius 1 is 1.44 bits per heavy atom. The van der Waals surface area contributed by atoms with Crippen molar-refractivity contribution < 1.29 is 14.6 Å². The van der Waals surface area contributed by atoms with E-state index < -0.39 is 5.97 Å². The van der Waals surface area contributed by atoms with Crippen molar-refractivity contribution in [3.63, 3.8) is 0 Å². The molecule has 4 heteroatoms. The molecule has 1 heterocycles. The number of rotatable bonds is 3. The lowest BCUT2D eigenvalue weighted by Gasteiger charge is -2.13. The van der Waals surface area contributed by atoms with Crippen molar-refractivity contribution in [3.8, 4) is 0 Å². The van der Waals surface area contributed by atoms with Crippen LogP contribution in [0.15, 0.2) is 29.2 Å². The summed E-state index contributed by atoms with van der Waals surface area (Å²) >= 11 is 1.76. The zero-order valence-corrected chi connectivity index (χ0v) is 9.87. The first-order valence-corrected chi connectivity index (χ1v) is 6.16. The lowest BCUT2D eigenvalue weighted by Crippen LogP contribution is -2.12. The summed E-state index contributed by atoms with van der Waals surface area (Å²) in [6.07, 6.45) is 1.34. The van der Waals surface area contributed by atoms with Crippen LogP contribution in [0.5, 0.6) is 0 Å². The van der Waals surface area contributed by atoms with Crippen LogP contribution in [0.1, 0.15) is 23.7 Å². The van der Waals surface area contributed by atoms with Crippen molar-refractivity contribution in [1.29, 1.82) is 0 Å². The fourth-order valence-corrected chi connectivity index (χ4v) is 2.84. The molecule has 1 aliphatic rings. The molecule has 2 rings (SSSR count). The minimum Gasteiger partial charge on any atom is -0.478 e. The number of carbonyl (C=O) groups is 1. The third kappa shape index (κ3) is 2.57. The van der Waals surface area contributed by atoms with E-state index in [2.05, 4.69) is 6.92 Å². The first kappa shape index (κ1) is 11.5. The molecule has 0 amide bonds. The van der Waals surface area contributed by atoms with Crippen LogP contribution in [0, 0.1) is 0 Å². The van der Waals surface area contributed by atoms with Crippen LogP contribution in [0.25, 0.3) is 0 Å². The maximum absolute atomic E-state index is 10.7. The van der Waals surface area contributed by atoms with E-state index in [-0.39, 0.29) is 6.10 Å². The predicted molar refractivity (Wildman–Crippen MR) is 63.1 cm³/mol. The van der Waals surface area contributed by atoms with Gasteiger partial charge in [0.2, 0.25) is 0 Å². The van der Waals surface area contributed by atoms with Gasteiger partial charge in [0, 0.05) is 16.8 Å². The van der Waals surface area contributed by atoms with Gasteiger partial charge in [-0.25, -0.2) is 4.79 Å². The van der Waals surface area contributed by atoms with Crippen LogP contribution in [0.2, 0.25) is 0 Å². The number of benzene rings is 1. The SMILES string of the molecule is CC1OCCC1Sc1ccc(C(=O)O)cc1. The van der Waals surface area contributed by atoms with Gasteiger partial charge in [-0.3, -0.25) is 0 Å². The van der Waals surface area contributed by atoms with Crippen molar-refractivity contribution in [2.24, 2.45) is 0 Å². The van der Waals surface area contributed by atoms with Crippen molar-refractivity contribution in [2.45, 2.75) is 29.6 Å². The molecule has 1 N–H and O–H groups in total. The molecule has 2 unspecified atom stereocenters. The molecule has 1 aromatic carbocycles. The zero-order valence-electron chi connectivity index (χ0n) is 9.05. The molecule has 0 aliphatic carbocycles. The second kappa shape index (κ2) is 4.89. The Morgan fingerprint density at radius 2 is 2.12 bits per heavy atom. The molecule has 1 saturated heterocycles. The average Bonchev–Trinajstić information content (AvgIpc) is 2.65. The molecule has 16 heavy (non-hydrogen) atoms. The maximum Gasteiger partial charge on any atom is 0.335 e. The predicted octanol–water partition coefficient (Wildman–Crippen LogP) is 2.65. The molecule has 3 nitrogen and oxygen atoms in total. The van der Waals surface area contributed by atoms with Gasteiger partial charge < -0.3 is 9.84 Å². The van der Waals surface area contributed by atoms with E-state index in [1.54, 1.807) is 23.9 Å². The fourth-order valence-electron chi connectivity index (χ4n) is 1.72. The van der Waals surface area contributed by atoms with E-state index in [9.17, 15) is 4.79 Å². The molecule has 0 bridgehead atoms. The number of thioether (sulfide) groups is 1. The summed E-state index contributed by atoms with van der Waals surface area (Å²) < 4.78 is 5.48. The number of aromatic carboxylic acids is 1. The summed E-state index contributed by atoms with van der Waals surface area (Å²) in [4.78, 5) is 11.8. The molecule has 0 saturated carbocycles. The van der Waals surface area contributed by atoms with Gasteiger partial charge in [-0.15, -0.1) is 11.8 Å². The Bertz CT molecular complexity index is 374. The van der Waals surface area contributed by atoms with Gasteiger partial charge in [-0.05, 0) is 37.6 Å². The number of carboxylic acids is 1. The molecule has 86 valence electrons. The highest BCUT2D eigenvalue weighted by atomic mass is 32.2. The topological polar surface area (TPSA) is 46.5 Å². The van der Waals surface area contributed by atoms with Crippen molar-refractivity contribution in [2.75, 3.05) is 6.61 Å². The summed E-state index contributed by atoms with van der Waals surface area (Å²) in [5.74, 6) is -0.880. The molecule has 1 aromatic rings. The molecule has 0 radical (unpaired) electrons. The highest BCUT2D eigenvalue weighted by Crippen LogP contribution is 2.32. The molecule has 1 fully saturated rings. The highest BCUT2D eigenvalue weighted by molar-refractivity contribution is 8.00. The normalized spacial score (nSPS) is 24.6. The minimum atomic E-state index is -0.880. The Kier molecular flexibility index (Phi) is 3.51. The fraction of sp³-hybridized carbons (Fsp3) is 0.417. The number of ether oxygens (including phenoxy) is 1. The van der Waals surface area contributed by atoms with Crippen LogP contribution in [-0.4, -0.2) is 29.0 Å². The van der Waals surface area contributed by atoms with Crippen LogP contribution < -0.4 is 0 Å². The lowest BCUT2D eigenvalue weighted by molar-refractivity contribution is 0.0697. The second-order valence-corrected chi connectivity index (χ2v) is 5.16. The summed E-state index contributed by atoms with van der Waals surface area (Å²) in [5.41, 5.74) is 0.333. The maximum atomic E-state index is 10.7. The summed E-state index contributed by atoms with van der Waals surface area (Å²) in [6.45, 7) is 2.91. The van der Waals surface area contributed by atoms with E-state index in [1.807, 2.05) is 12.1 Å². The second-order valence-electron chi connectivity index (χ2n) is 3.85. The van der Waals surface area contributed by atoms with Crippen molar-refractivity contribution in [1.82, 2.24) is 0 Å². The Balaban J connectivity index is 2.02. The van der Waals surface area contributed by atoms with Crippen LogP contribution in [0.3, 0.4) is 0 Å². The molecule has 0 aromatic heterocycles. The Morgan fingerprint density at radius 3 is 2.62 bits per heavy atom. The largest absolute Gasteiger partial charge is 0.478 e. The third-order valence-electron chi connectivity index (χ3n) is 2.70. The minimum absolute atomic E-state index is 0.282. The van der Waals surface area contributed by atoms with E-state index in [4.69, 9.17) is 9.84 Å². The summed E-state index contributed by atoms with van der Waals surface area (Å²) in [6, 6.07) is 7.01. The van der Waals surface area contributed by atoms with E-state index in [1.165, 1.54) is 0 Å². The lowest BCUT2D eigenvalue weighted by atomic mass is 10.2. The molecular formula is C12H14O3S. The molecule has 1 aliphatic heterocycles. The van der Waals surface area contributed by atoms with Gasteiger partial charge in [0.25, 0.3) is 0 Å². The van der Waals surface area contributed by atoms with Gasteiger partial charge in [0.05, 0.1) is 11.7 Å². The smallest absolute Gasteiger partial charge is 0.335 e. The Labute approximate surface area is 98.8 Å². The summed E-state index contributed by atoms with van der Waals surface area (Å²) in [7, 11) is 0. The van der Waals surface area contributed by atoms with E-state index in [0.29, 0.717) is 10.8 Å². The van der Waals surface area contributed by atoms with Crippen molar-refractivity contribution >= 4 is 17.7 Å². The third-order valence-corrected chi connectivity index (χ3v) is 4.16. The molecule has 0 spiro atoms. The van der Waals surface area contributed by atoms with E-state index >= 15 is 0 Å². The molecular weight excluding hydrogens is 224 g/mol. The standard InChI is InChI=1S/C12H14O3S/c1-8-11(6-7-15-8)16-10-4-2-9(3-5-10)12(13)14/h2-5,8,11H,6-7H2,1H3,(H,13,14). The monoisotopic (exact) mass is 238 g/mol. The number of hydrogen-bond donors (Lipinski definition) is 1. The van der Waals surface area contributed by atoms with Crippen LogP contribution >= 0.6 is 11.8 Å². The van der Waals surface area contributed by atoms with Gasteiger partial charge in [0.1, 0.15) is 0 Å². The quantitative estimate of drug-likeness (QED) is 0.879. The van der Waals surface area contributed by atoms with Gasteiger partial charge >= 0.3 is 5.97 Å². The van der Waals surface area contributed by atoms with Gasteiger partial charge in [-0.2, -0.15) is 0 Å². The first-order valence-electron chi connectivity index (χ1n) is 5.28. The van der Waals surface area contributed by atoms with Gasteiger partial charge in [-0.1, -0.05) is 0 Å². The molecule has 2 atom stereocenters. The van der Waals surface area contributed by atoms with Crippen LogP contribution in [-0.2, 0) is 4.74 Å². The average molecular weight is 238 g/mol. The number of carboxylic acid groups (broad SMARTS) is 1. The summed E-state index contributed by atoms with van der Waals surface area (Å²) in [5, 5.41) is 9.26. The number of hydrogen-bond acceptors (Lipinski definition) is 3. The first-order chi connectivity index (χ1) is 7.66. The van der Waals surface area contributed by atoms with Crippen LogP contribution in [0.4, 0.5) is 0 Å². The van der Waals surface area contributed by atoms with E-state index in [0.717, 1.165) is 17.9 Å². The van der Waals surface area contributed by atoms with Gasteiger partial charge in [0.15, 0.2) is 0 Å². The van der Waals surface area contributed by atoms with Crippen molar-refractivity contribution in [3.05, 3.63) is 29.8 Å². The highest BCUT2D eigenvalue weighted by Gasteiger charge is 2.24. The Hall–Kier alpha value is -1.00. The zero-order chi connectivity index (χ0) is 11.5.